The van der Waals surface area contributed by atoms with Gasteiger partial charge in [0.2, 0.25) is 0 Å². The molecule has 0 aromatic carbocycles. The molecule has 1 nitrogen and oxygen atoms in total. The van der Waals surface area contributed by atoms with Gasteiger partial charge >= 0.3 is 0 Å². The van der Waals surface area contributed by atoms with Gasteiger partial charge in [-0.25, -0.2) is 0 Å². The van der Waals surface area contributed by atoms with Crippen molar-refractivity contribution in [3.8, 4) is 0 Å². The zero-order valence-electron chi connectivity index (χ0n) is 6.97. The van der Waals surface area contributed by atoms with Crippen LogP contribution in [0.5, 0.6) is 0 Å². The van der Waals surface area contributed by atoms with Gasteiger partial charge in [0, 0.05) is 12.3 Å². The lowest BCUT2D eigenvalue weighted by Gasteiger charge is -2.25. The predicted molar refractivity (Wildman–Crippen MR) is 44.9 cm³/mol. The van der Waals surface area contributed by atoms with Crippen LogP contribution in [0.15, 0.2) is 23.7 Å². The lowest BCUT2D eigenvalue weighted by molar-refractivity contribution is 0.291. The maximum atomic E-state index is 5.45. The summed E-state index contributed by atoms with van der Waals surface area (Å²) in [7, 11) is 0. The van der Waals surface area contributed by atoms with E-state index in [-0.39, 0.29) is 0 Å². The molecular weight excluding hydrogens is 136 g/mol. The third kappa shape index (κ3) is 1.20. The Balaban J connectivity index is 2.23. The molecule has 1 aliphatic carbocycles. The molecule has 1 unspecified atom stereocenters. The van der Waals surface area contributed by atoms with Crippen LogP contribution in [-0.4, -0.2) is 0 Å². The van der Waals surface area contributed by atoms with Gasteiger partial charge in [-0.2, -0.15) is 0 Å². The normalized spacial score (nSPS) is 29.7. The molecule has 0 saturated heterocycles. The highest BCUT2D eigenvalue weighted by atomic mass is 16.5. The van der Waals surface area contributed by atoms with Crippen molar-refractivity contribution in [2.75, 3.05) is 0 Å². The fourth-order valence-corrected chi connectivity index (χ4v) is 1.87. The molecule has 0 aromatic rings. The number of ether oxygens (including phenoxy) is 1. The molecule has 2 rings (SSSR count). The molecule has 0 radical (unpaired) electrons. The van der Waals surface area contributed by atoms with E-state index >= 15 is 0 Å². The molecule has 0 saturated carbocycles. The molecule has 0 amide bonds. The molecule has 0 bridgehead atoms. The molecule has 2 aliphatic rings. The highest BCUT2D eigenvalue weighted by Crippen LogP contribution is 2.33. The summed E-state index contributed by atoms with van der Waals surface area (Å²) in [5.41, 5.74) is 1.54. The van der Waals surface area contributed by atoms with Crippen LogP contribution in [0.25, 0.3) is 0 Å². The minimum atomic E-state index is 0.624. The van der Waals surface area contributed by atoms with Crippen LogP contribution in [0, 0.1) is 5.92 Å². The first-order valence-corrected chi connectivity index (χ1v) is 4.43. The monoisotopic (exact) mass is 150 g/mol. The van der Waals surface area contributed by atoms with Crippen molar-refractivity contribution in [2.24, 2.45) is 5.92 Å². The molecule has 1 heterocycles. The minimum Gasteiger partial charge on any atom is -0.470 e. The number of hydrogen-bond acceptors (Lipinski definition) is 1. The summed E-state index contributed by atoms with van der Waals surface area (Å²) in [5.74, 6) is 1.88. The van der Waals surface area contributed by atoms with Gasteiger partial charge in [0.05, 0.1) is 6.26 Å². The van der Waals surface area contributed by atoms with E-state index in [1.165, 1.54) is 25.0 Å². The van der Waals surface area contributed by atoms with Crippen LogP contribution in [0.4, 0.5) is 0 Å². The van der Waals surface area contributed by atoms with E-state index in [9.17, 15) is 0 Å². The average Bonchev–Trinajstić information content (AvgIpc) is 2.06. The highest BCUT2D eigenvalue weighted by Gasteiger charge is 2.19. The summed E-state index contributed by atoms with van der Waals surface area (Å²) in [5, 5.41) is 0. The molecule has 1 heteroatoms. The van der Waals surface area contributed by atoms with Crippen LogP contribution in [0.1, 0.15) is 32.6 Å². The van der Waals surface area contributed by atoms with Crippen molar-refractivity contribution in [2.45, 2.75) is 32.6 Å². The highest BCUT2D eigenvalue weighted by molar-refractivity contribution is 5.21. The van der Waals surface area contributed by atoms with E-state index in [0.29, 0.717) is 5.92 Å². The number of rotatable bonds is 0. The van der Waals surface area contributed by atoms with Crippen LogP contribution in [0.2, 0.25) is 0 Å². The molecule has 0 aromatic heterocycles. The second-order valence-corrected chi connectivity index (χ2v) is 3.39. The summed E-state index contributed by atoms with van der Waals surface area (Å²) in [6, 6.07) is 0. The lowest BCUT2D eigenvalue weighted by atomic mass is 9.88. The Bertz CT molecular complexity index is 213. The molecule has 0 N–H and O–H groups in total. The number of hydrogen-bond donors (Lipinski definition) is 0. The van der Waals surface area contributed by atoms with Gasteiger partial charge in [0.25, 0.3) is 0 Å². The summed E-state index contributed by atoms with van der Waals surface area (Å²) >= 11 is 0. The van der Waals surface area contributed by atoms with E-state index in [1.54, 1.807) is 5.57 Å². The van der Waals surface area contributed by atoms with Crippen molar-refractivity contribution in [3.63, 3.8) is 0 Å². The van der Waals surface area contributed by atoms with Crippen LogP contribution >= 0.6 is 0 Å². The van der Waals surface area contributed by atoms with Crippen molar-refractivity contribution in [1.82, 2.24) is 0 Å². The van der Waals surface area contributed by atoms with Gasteiger partial charge < -0.3 is 4.74 Å². The first kappa shape index (κ1) is 6.96. The number of allylic oxidation sites excluding steroid dienone is 3. The maximum Gasteiger partial charge on any atom is 0.103 e. The first-order chi connectivity index (χ1) is 5.38. The quantitative estimate of drug-likeness (QED) is 0.515. The summed E-state index contributed by atoms with van der Waals surface area (Å²) in [6.07, 6.45) is 9.05. The van der Waals surface area contributed by atoms with Gasteiger partial charge in [0.15, 0.2) is 0 Å². The molecule has 0 fully saturated rings. The Morgan fingerprint density at radius 3 is 3.00 bits per heavy atom. The summed E-state index contributed by atoms with van der Waals surface area (Å²) in [6.45, 7) is 2.25. The summed E-state index contributed by atoms with van der Waals surface area (Å²) in [4.78, 5) is 0. The Hall–Kier alpha value is -0.720. The van der Waals surface area contributed by atoms with Gasteiger partial charge in [-0.1, -0.05) is 6.92 Å². The van der Waals surface area contributed by atoms with Gasteiger partial charge in [-0.05, 0) is 30.9 Å². The second kappa shape index (κ2) is 2.72. The standard InChI is InChI=1S/C10H14O/c1-8-6-7-11-10-5-3-2-4-9(8)10/h6-8H,2-5H2,1H3. The Morgan fingerprint density at radius 1 is 1.36 bits per heavy atom. The lowest BCUT2D eigenvalue weighted by Crippen LogP contribution is -2.10. The van der Waals surface area contributed by atoms with Crippen molar-refractivity contribution < 1.29 is 4.74 Å². The van der Waals surface area contributed by atoms with E-state index in [1.807, 2.05) is 6.26 Å². The molecule has 11 heavy (non-hydrogen) atoms. The van der Waals surface area contributed by atoms with Gasteiger partial charge in [0.1, 0.15) is 5.76 Å². The van der Waals surface area contributed by atoms with Crippen molar-refractivity contribution in [3.05, 3.63) is 23.7 Å². The van der Waals surface area contributed by atoms with Crippen LogP contribution in [-0.2, 0) is 4.74 Å². The molecule has 1 aliphatic heterocycles. The Labute approximate surface area is 67.7 Å². The van der Waals surface area contributed by atoms with Crippen molar-refractivity contribution >= 4 is 0 Å². The van der Waals surface area contributed by atoms with E-state index in [2.05, 4.69) is 13.0 Å². The fourth-order valence-electron chi connectivity index (χ4n) is 1.87. The zero-order valence-corrected chi connectivity index (χ0v) is 6.97. The van der Waals surface area contributed by atoms with Crippen molar-refractivity contribution in [1.29, 1.82) is 0 Å². The maximum absolute atomic E-state index is 5.45. The predicted octanol–water partition coefficient (Wildman–Crippen LogP) is 2.99. The van der Waals surface area contributed by atoms with Crippen LogP contribution in [0.3, 0.4) is 0 Å². The average molecular weight is 150 g/mol. The second-order valence-electron chi connectivity index (χ2n) is 3.39. The Kier molecular flexibility index (Phi) is 1.72. The van der Waals surface area contributed by atoms with Gasteiger partial charge in [-0.3, -0.25) is 0 Å². The molecule has 1 atom stereocenters. The molecule has 0 spiro atoms. The SMILES string of the molecule is CC1C=COC2=C1CCCC2. The van der Waals surface area contributed by atoms with Crippen LogP contribution < -0.4 is 0 Å². The van der Waals surface area contributed by atoms with E-state index < -0.39 is 0 Å². The third-order valence-electron chi connectivity index (χ3n) is 2.59. The first-order valence-electron chi connectivity index (χ1n) is 4.43. The fraction of sp³-hybridized carbons (Fsp3) is 0.600. The largest absolute Gasteiger partial charge is 0.470 e. The summed E-state index contributed by atoms with van der Waals surface area (Å²) < 4.78 is 5.45. The topological polar surface area (TPSA) is 9.23 Å². The minimum absolute atomic E-state index is 0.624. The third-order valence-corrected chi connectivity index (χ3v) is 2.59. The molecule has 60 valence electrons. The molecular formula is C10H14O. The van der Waals surface area contributed by atoms with Gasteiger partial charge in [-0.15, -0.1) is 0 Å². The van der Waals surface area contributed by atoms with E-state index in [4.69, 9.17) is 4.74 Å². The smallest absolute Gasteiger partial charge is 0.103 e. The van der Waals surface area contributed by atoms with E-state index in [0.717, 1.165) is 6.42 Å². The zero-order chi connectivity index (χ0) is 7.68. The Morgan fingerprint density at radius 2 is 2.18 bits per heavy atom.